The molecule has 0 aliphatic heterocycles. The molecule has 0 unspecified atom stereocenters. The van der Waals surface area contributed by atoms with Crippen LogP contribution in [-0.2, 0) is 17.8 Å². The number of fused-ring (bicyclic) bond motifs is 1. The van der Waals surface area contributed by atoms with Crippen molar-refractivity contribution in [3.05, 3.63) is 65.4 Å². The average Bonchev–Trinajstić information content (AvgIpc) is 3.25. The first kappa shape index (κ1) is 17.4. The lowest BCUT2D eigenvalue weighted by molar-refractivity contribution is -0.115. The monoisotopic (exact) mass is 376 g/mol. The number of hydrogen-bond donors (Lipinski definition) is 1. The van der Waals surface area contributed by atoms with Gasteiger partial charge in [-0.15, -0.1) is 11.3 Å². The number of rotatable bonds is 5. The second-order valence-electron chi connectivity index (χ2n) is 6.44. The topological polar surface area (TPSA) is 59.8 Å². The maximum atomic E-state index is 12.3. The molecule has 3 heterocycles. The van der Waals surface area contributed by atoms with Gasteiger partial charge in [-0.25, -0.2) is 9.97 Å². The van der Waals surface area contributed by atoms with Crippen LogP contribution in [0.1, 0.15) is 18.2 Å². The SMILES string of the molecule is CCn1cc(-c2nc(CC(=O)Nc3cccc(C)c3)cs2)c2cccnc21. The summed E-state index contributed by atoms with van der Waals surface area (Å²) < 4.78 is 2.12. The van der Waals surface area contributed by atoms with Gasteiger partial charge in [-0.05, 0) is 43.7 Å². The first-order valence-electron chi connectivity index (χ1n) is 8.89. The molecule has 0 radical (unpaired) electrons. The zero-order valence-corrected chi connectivity index (χ0v) is 16.1. The van der Waals surface area contributed by atoms with Crippen LogP contribution in [0.15, 0.2) is 54.2 Å². The molecule has 1 aromatic carbocycles. The Morgan fingerprint density at radius 3 is 2.96 bits per heavy atom. The number of nitrogens with zero attached hydrogens (tertiary/aromatic N) is 3. The summed E-state index contributed by atoms with van der Waals surface area (Å²) in [6.07, 6.45) is 4.16. The molecule has 136 valence electrons. The molecule has 1 N–H and O–H groups in total. The van der Waals surface area contributed by atoms with E-state index in [-0.39, 0.29) is 12.3 Å². The Kier molecular flexibility index (Phi) is 4.73. The highest BCUT2D eigenvalue weighted by Crippen LogP contribution is 2.32. The highest BCUT2D eigenvalue weighted by molar-refractivity contribution is 7.13. The van der Waals surface area contributed by atoms with Crippen LogP contribution in [0.4, 0.5) is 5.69 Å². The van der Waals surface area contributed by atoms with Crippen molar-refractivity contribution in [3.63, 3.8) is 0 Å². The van der Waals surface area contributed by atoms with E-state index in [4.69, 9.17) is 4.98 Å². The second kappa shape index (κ2) is 7.32. The molecule has 3 aromatic heterocycles. The van der Waals surface area contributed by atoms with Crippen molar-refractivity contribution in [3.8, 4) is 10.6 Å². The molecular weight excluding hydrogens is 356 g/mol. The molecule has 0 saturated carbocycles. The van der Waals surface area contributed by atoms with Crippen LogP contribution < -0.4 is 5.32 Å². The third-order valence-electron chi connectivity index (χ3n) is 4.40. The Bertz CT molecular complexity index is 1110. The van der Waals surface area contributed by atoms with Gasteiger partial charge in [0.1, 0.15) is 10.7 Å². The number of nitrogens with one attached hydrogen (secondary N) is 1. The Morgan fingerprint density at radius 2 is 2.15 bits per heavy atom. The maximum Gasteiger partial charge on any atom is 0.230 e. The Balaban J connectivity index is 1.55. The summed E-state index contributed by atoms with van der Waals surface area (Å²) in [7, 11) is 0. The second-order valence-corrected chi connectivity index (χ2v) is 7.30. The number of pyridine rings is 1. The van der Waals surface area contributed by atoms with Gasteiger partial charge in [0.2, 0.25) is 5.91 Å². The van der Waals surface area contributed by atoms with Gasteiger partial charge in [0, 0.05) is 41.0 Å². The quantitative estimate of drug-likeness (QED) is 0.551. The van der Waals surface area contributed by atoms with E-state index < -0.39 is 0 Å². The maximum absolute atomic E-state index is 12.3. The van der Waals surface area contributed by atoms with Gasteiger partial charge in [0.25, 0.3) is 0 Å². The molecule has 1 amide bonds. The van der Waals surface area contributed by atoms with Gasteiger partial charge in [0.15, 0.2) is 0 Å². The number of anilines is 1. The van der Waals surface area contributed by atoms with E-state index >= 15 is 0 Å². The van der Waals surface area contributed by atoms with E-state index in [0.717, 1.165) is 45.1 Å². The molecule has 5 nitrogen and oxygen atoms in total. The van der Waals surface area contributed by atoms with Gasteiger partial charge in [-0.1, -0.05) is 12.1 Å². The van der Waals surface area contributed by atoms with E-state index in [1.54, 1.807) is 17.5 Å². The third kappa shape index (κ3) is 3.61. The lowest BCUT2D eigenvalue weighted by Gasteiger charge is -2.04. The Labute approximate surface area is 161 Å². The number of hydrogen-bond acceptors (Lipinski definition) is 4. The minimum Gasteiger partial charge on any atom is -0.332 e. The molecule has 0 bridgehead atoms. The Hall–Kier alpha value is -2.99. The third-order valence-corrected chi connectivity index (χ3v) is 5.32. The van der Waals surface area contributed by atoms with Crippen molar-refractivity contribution in [2.45, 2.75) is 26.8 Å². The number of thiazole rings is 1. The van der Waals surface area contributed by atoms with Crippen molar-refractivity contribution in [1.82, 2.24) is 14.5 Å². The summed E-state index contributed by atoms with van der Waals surface area (Å²) in [6, 6.07) is 11.8. The lowest BCUT2D eigenvalue weighted by atomic mass is 10.2. The highest BCUT2D eigenvalue weighted by atomic mass is 32.1. The molecule has 4 aromatic rings. The smallest absolute Gasteiger partial charge is 0.230 e. The van der Waals surface area contributed by atoms with E-state index in [2.05, 4.69) is 34.1 Å². The van der Waals surface area contributed by atoms with Crippen LogP contribution in [0.5, 0.6) is 0 Å². The molecule has 0 aliphatic carbocycles. The number of carbonyl (C=O) groups is 1. The van der Waals surface area contributed by atoms with Crippen molar-refractivity contribution in [1.29, 1.82) is 0 Å². The zero-order valence-electron chi connectivity index (χ0n) is 15.3. The van der Waals surface area contributed by atoms with Crippen molar-refractivity contribution < 1.29 is 4.79 Å². The number of benzene rings is 1. The van der Waals surface area contributed by atoms with Crippen molar-refractivity contribution in [2.75, 3.05) is 5.32 Å². The lowest BCUT2D eigenvalue weighted by Crippen LogP contribution is -2.14. The van der Waals surface area contributed by atoms with E-state index in [1.165, 1.54) is 0 Å². The largest absolute Gasteiger partial charge is 0.332 e. The van der Waals surface area contributed by atoms with Crippen LogP contribution in [0.25, 0.3) is 21.6 Å². The zero-order chi connectivity index (χ0) is 18.8. The van der Waals surface area contributed by atoms with Crippen LogP contribution in [0.2, 0.25) is 0 Å². The minimum atomic E-state index is -0.0601. The predicted octanol–water partition coefficient (Wildman–Crippen LogP) is 4.67. The fourth-order valence-electron chi connectivity index (χ4n) is 3.14. The molecule has 4 rings (SSSR count). The number of aryl methyl sites for hydroxylation is 2. The van der Waals surface area contributed by atoms with Crippen LogP contribution in [-0.4, -0.2) is 20.4 Å². The van der Waals surface area contributed by atoms with Gasteiger partial charge >= 0.3 is 0 Å². The van der Waals surface area contributed by atoms with Crippen LogP contribution in [0.3, 0.4) is 0 Å². The first-order valence-corrected chi connectivity index (χ1v) is 9.77. The van der Waals surface area contributed by atoms with Gasteiger partial charge in [-0.3, -0.25) is 4.79 Å². The number of aromatic nitrogens is 3. The van der Waals surface area contributed by atoms with E-state index in [0.29, 0.717) is 0 Å². The van der Waals surface area contributed by atoms with Gasteiger partial charge in [0.05, 0.1) is 12.1 Å². The van der Waals surface area contributed by atoms with Crippen molar-refractivity contribution in [2.24, 2.45) is 0 Å². The number of amides is 1. The normalized spacial score (nSPS) is 11.0. The molecule has 0 fully saturated rings. The predicted molar refractivity (Wildman–Crippen MR) is 110 cm³/mol. The Morgan fingerprint density at radius 1 is 1.26 bits per heavy atom. The fourth-order valence-corrected chi connectivity index (χ4v) is 3.98. The molecule has 27 heavy (non-hydrogen) atoms. The van der Waals surface area contributed by atoms with Gasteiger partial charge < -0.3 is 9.88 Å². The van der Waals surface area contributed by atoms with Crippen LogP contribution in [0, 0.1) is 6.92 Å². The van der Waals surface area contributed by atoms with Gasteiger partial charge in [-0.2, -0.15) is 0 Å². The first-order chi connectivity index (χ1) is 13.1. The molecule has 0 aliphatic rings. The highest BCUT2D eigenvalue weighted by Gasteiger charge is 2.15. The summed E-state index contributed by atoms with van der Waals surface area (Å²) in [6.45, 7) is 4.95. The average molecular weight is 376 g/mol. The summed E-state index contributed by atoms with van der Waals surface area (Å²) in [5.74, 6) is -0.0601. The van der Waals surface area contributed by atoms with Crippen LogP contribution >= 0.6 is 11.3 Å². The number of carbonyl (C=O) groups excluding carboxylic acids is 1. The summed E-state index contributed by atoms with van der Waals surface area (Å²) >= 11 is 1.56. The summed E-state index contributed by atoms with van der Waals surface area (Å²) in [5, 5.41) is 6.89. The molecule has 0 spiro atoms. The van der Waals surface area contributed by atoms with E-state index in [9.17, 15) is 4.79 Å². The summed E-state index contributed by atoms with van der Waals surface area (Å²) in [5.41, 5.74) is 4.73. The minimum absolute atomic E-state index is 0.0601. The molecule has 0 saturated heterocycles. The van der Waals surface area contributed by atoms with E-state index in [1.807, 2.05) is 42.6 Å². The standard InChI is InChI=1S/C21H20N4OS/c1-3-25-12-18(17-8-5-9-22-20(17)25)21-24-16(13-27-21)11-19(26)23-15-7-4-6-14(2)10-15/h4-10,12-13H,3,11H2,1-2H3,(H,23,26). The molecular formula is C21H20N4OS. The summed E-state index contributed by atoms with van der Waals surface area (Å²) in [4.78, 5) is 21.5. The molecule has 0 atom stereocenters. The molecule has 6 heteroatoms. The van der Waals surface area contributed by atoms with Crippen molar-refractivity contribution >= 4 is 34.0 Å². The fraction of sp³-hybridized carbons (Fsp3) is 0.190.